The number of hydrogen-bond donors (Lipinski definition) is 2. The number of carboxylic acid groups (broad SMARTS) is 1. The molecule has 0 aromatic heterocycles. The zero-order valence-electron chi connectivity index (χ0n) is 12.3. The van der Waals surface area contributed by atoms with Crippen LogP contribution < -0.4 is 0 Å². The minimum Gasteiger partial charge on any atom is -0.508 e. The molecule has 0 amide bonds. The average molecular weight is 356 g/mol. The Hall–Kier alpha value is -1.07. The SMILES string of the molecule is CCC(c1cc(Br)ccc1O)N1CCCCC1CC(=O)O. The number of likely N-dealkylation sites (tertiary alicyclic amines) is 1. The first-order valence-electron chi connectivity index (χ1n) is 7.49. The molecular weight excluding hydrogens is 334 g/mol. The van der Waals surface area contributed by atoms with E-state index in [4.69, 9.17) is 5.11 Å². The van der Waals surface area contributed by atoms with E-state index in [0.29, 0.717) is 0 Å². The fourth-order valence-corrected chi connectivity index (χ4v) is 3.66. The maximum absolute atomic E-state index is 11.1. The monoisotopic (exact) mass is 355 g/mol. The maximum atomic E-state index is 11.1. The standard InChI is InChI=1S/C16H22BrNO3/c1-2-14(13-9-11(17)6-7-15(13)19)18-8-4-3-5-12(18)10-16(20)21/h6-7,9,12,14,19H,2-5,8,10H2,1H3,(H,20,21). The lowest BCUT2D eigenvalue weighted by Gasteiger charge is -2.41. The van der Waals surface area contributed by atoms with Crippen LogP contribution in [0.25, 0.3) is 0 Å². The molecule has 1 fully saturated rings. The smallest absolute Gasteiger partial charge is 0.304 e. The molecule has 2 unspecified atom stereocenters. The number of phenolic OH excluding ortho intramolecular Hbond substituents is 1. The van der Waals surface area contributed by atoms with E-state index < -0.39 is 5.97 Å². The summed E-state index contributed by atoms with van der Waals surface area (Å²) >= 11 is 3.45. The fourth-order valence-electron chi connectivity index (χ4n) is 3.28. The Kier molecular flexibility index (Phi) is 5.65. The van der Waals surface area contributed by atoms with Gasteiger partial charge in [0, 0.05) is 22.1 Å². The Bertz CT molecular complexity index is 506. The van der Waals surface area contributed by atoms with Crippen molar-refractivity contribution in [1.82, 2.24) is 4.90 Å². The molecule has 1 aromatic carbocycles. The molecule has 21 heavy (non-hydrogen) atoms. The Morgan fingerprint density at radius 3 is 2.90 bits per heavy atom. The number of phenols is 1. The Labute approximate surface area is 133 Å². The van der Waals surface area contributed by atoms with Crippen LogP contribution in [0, 0.1) is 0 Å². The summed E-state index contributed by atoms with van der Waals surface area (Å²) in [6.07, 6.45) is 4.10. The third-order valence-electron chi connectivity index (χ3n) is 4.22. The van der Waals surface area contributed by atoms with Gasteiger partial charge >= 0.3 is 5.97 Å². The van der Waals surface area contributed by atoms with E-state index in [1.165, 1.54) is 0 Å². The van der Waals surface area contributed by atoms with E-state index in [-0.39, 0.29) is 24.3 Å². The number of rotatable bonds is 5. The van der Waals surface area contributed by atoms with Crippen molar-refractivity contribution >= 4 is 21.9 Å². The summed E-state index contributed by atoms with van der Waals surface area (Å²) in [5.74, 6) is -0.468. The summed E-state index contributed by atoms with van der Waals surface area (Å²) in [4.78, 5) is 13.4. The second-order valence-corrected chi connectivity index (χ2v) is 6.53. The Morgan fingerprint density at radius 2 is 2.24 bits per heavy atom. The zero-order chi connectivity index (χ0) is 15.4. The van der Waals surface area contributed by atoms with Gasteiger partial charge in [0.15, 0.2) is 0 Å². The average Bonchev–Trinajstić information content (AvgIpc) is 2.44. The number of hydrogen-bond acceptors (Lipinski definition) is 3. The van der Waals surface area contributed by atoms with Crippen LogP contribution in [-0.4, -0.2) is 33.7 Å². The highest BCUT2D eigenvalue weighted by Crippen LogP contribution is 2.37. The number of aliphatic carboxylic acids is 1. The molecule has 1 saturated heterocycles. The molecule has 2 atom stereocenters. The molecular formula is C16H22BrNO3. The lowest BCUT2D eigenvalue weighted by Crippen LogP contribution is -2.43. The highest BCUT2D eigenvalue weighted by molar-refractivity contribution is 9.10. The van der Waals surface area contributed by atoms with Crippen molar-refractivity contribution in [3.05, 3.63) is 28.2 Å². The lowest BCUT2D eigenvalue weighted by atomic mass is 9.93. The molecule has 1 heterocycles. The van der Waals surface area contributed by atoms with Gasteiger partial charge in [0.2, 0.25) is 0 Å². The Balaban J connectivity index is 2.29. The number of benzene rings is 1. The van der Waals surface area contributed by atoms with Crippen LogP contribution in [0.3, 0.4) is 0 Å². The molecule has 4 nitrogen and oxygen atoms in total. The van der Waals surface area contributed by atoms with Gasteiger partial charge in [-0.05, 0) is 44.0 Å². The van der Waals surface area contributed by atoms with Crippen LogP contribution in [0.15, 0.2) is 22.7 Å². The van der Waals surface area contributed by atoms with E-state index in [0.717, 1.165) is 42.3 Å². The number of aromatic hydroxyl groups is 1. The third-order valence-corrected chi connectivity index (χ3v) is 4.71. The summed E-state index contributed by atoms with van der Waals surface area (Å²) < 4.78 is 0.931. The Morgan fingerprint density at radius 1 is 1.48 bits per heavy atom. The number of nitrogens with zero attached hydrogens (tertiary/aromatic N) is 1. The molecule has 2 rings (SSSR count). The van der Waals surface area contributed by atoms with E-state index in [1.54, 1.807) is 6.07 Å². The van der Waals surface area contributed by atoms with Gasteiger partial charge in [-0.3, -0.25) is 9.69 Å². The van der Waals surface area contributed by atoms with Crippen LogP contribution in [0.4, 0.5) is 0 Å². The zero-order valence-corrected chi connectivity index (χ0v) is 13.8. The van der Waals surface area contributed by atoms with Crippen molar-refractivity contribution in [2.75, 3.05) is 6.54 Å². The van der Waals surface area contributed by atoms with E-state index in [2.05, 4.69) is 27.8 Å². The molecule has 1 aliphatic heterocycles. The van der Waals surface area contributed by atoms with Crippen LogP contribution >= 0.6 is 15.9 Å². The first kappa shape index (κ1) is 16.3. The predicted molar refractivity (Wildman–Crippen MR) is 85.4 cm³/mol. The van der Waals surface area contributed by atoms with Crippen molar-refractivity contribution in [1.29, 1.82) is 0 Å². The van der Waals surface area contributed by atoms with E-state index in [9.17, 15) is 9.90 Å². The van der Waals surface area contributed by atoms with Crippen molar-refractivity contribution in [3.63, 3.8) is 0 Å². The normalized spacial score (nSPS) is 21.1. The van der Waals surface area contributed by atoms with Crippen LogP contribution in [0.2, 0.25) is 0 Å². The number of piperidine rings is 1. The van der Waals surface area contributed by atoms with Gasteiger partial charge in [-0.15, -0.1) is 0 Å². The molecule has 1 aromatic rings. The van der Waals surface area contributed by atoms with Gasteiger partial charge in [0.25, 0.3) is 0 Å². The van der Waals surface area contributed by atoms with E-state index >= 15 is 0 Å². The van der Waals surface area contributed by atoms with Crippen molar-refractivity contribution in [3.8, 4) is 5.75 Å². The highest BCUT2D eigenvalue weighted by Gasteiger charge is 2.31. The summed E-state index contributed by atoms with van der Waals surface area (Å²) in [5.41, 5.74) is 0.879. The first-order chi connectivity index (χ1) is 10.0. The molecule has 5 heteroatoms. The van der Waals surface area contributed by atoms with Gasteiger partial charge < -0.3 is 10.2 Å². The van der Waals surface area contributed by atoms with Crippen LogP contribution in [0.1, 0.15) is 50.6 Å². The minimum absolute atomic E-state index is 0.0552. The van der Waals surface area contributed by atoms with Gasteiger partial charge in [-0.1, -0.05) is 29.3 Å². The molecule has 0 spiro atoms. The van der Waals surface area contributed by atoms with Crippen molar-refractivity contribution in [2.24, 2.45) is 0 Å². The molecule has 1 aliphatic rings. The lowest BCUT2D eigenvalue weighted by molar-refractivity contribution is -0.139. The first-order valence-corrected chi connectivity index (χ1v) is 8.28. The quantitative estimate of drug-likeness (QED) is 0.839. The van der Waals surface area contributed by atoms with Gasteiger partial charge in [0.1, 0.15) is 5.75 Å². The van der Waals surface area contributed by atoms with Gasteiger partial charge in [-0.25, -0.2) is 0 Å². The highest BCUT2D eigenvalue weighted by atomic mass is 79.9. The van der Waals surface area contributed by atoms with Gasteiger partial charge in [-0.2, -0.15) is 0 Å². The van der Waals surface area contributed by atoms with Crippen LogP contribution in [-0.2, 0) is 4.79 Å². The summed E-state index contributed by atoms with van der Waals surface area (Å²) in [7, 11) is 0. The largest absolute Gasteiger partial charge is 0.508 e. The summed E-state index contributed by atoms with van der Waals surface area (Å²) in [5, 5.41) is 19.3. The molecule has 0 saturated carbocycles. The van der Waals surface area contributed by atoms with Crippen molar-refractivity contribution < 1.29 is 15.0 Å². The minimum atomic E-state index is -0.750. The topological polar surface area (TPSA) is 60.8 Å². The fraction of sp³-hybridized carbons (Fsp3) is 0.562. The number of carboxylic acids is 1. The number of carbonyl (C=O) groups is 1. The summed E-state index contributed by atoms with van der Waals surface area (Å²) in [6.45, 7) is 2.97. The third kappa shape index (κ3) is 3.98. The van der Waals surface area contributed by atoms with Gasteiger partial charge in [0.05, 0.1) is 6.42 Å². The molecule has 2 N–H and O–H groups in total. The second-order valence-electron chi connectivity index (χ2n) is 5.61. The molecule has 0 bridgehead atoms. The predicted octanol–water partition coefficient (Wildman–Crippen LogP) is 3.94. The molecule has 0 aliphatic carbocycles. The maximum Gasteiger partial charge on any atom is 0.304 e. The summed E-state index contributed by atoms with van der Waals surface area (Å²) in [6, 6.07) is 5.57. The van der Waals surface area contributed by atoms with Crippen molar-refractivity contribution in [2.45, 2.75) is 51.1 Å². The molecule has 116 valence electrons. The number of halogens is 1. The van der Waals surface area contributed by atoms with Crippen LogP contribution in [0.5, 0.6) is 5.75 Å². The second kappa shape index (κ2) is 7.27. The van der Waals surface area contributed by atoms with E-state index in [1.807, 2.05) is 12.1 Å². The molecule has 0 radical (unpaired) electrons.